The highest BCUT2D eigenvalue weighted by molar-refractivity contribution is 6.18. The average Bonchev–Trinajstić information content (AvgIpc) is 3.30. The van der Waals surface area contributed by atoms with E-state index in [9.17, 15) is 19.8 Å². The molecule has 0 bridgehead atoms. The van der Waals surface area contributed by atoms with E-state index in [-0.39, 0.29) is 63.0 Å². The first kappa shape index (κ1) is 44.8. The van der Waals surface area contributed by atoms with Crippen LogP contribution < -0.4 is 9.47 Å². The van der Waals surface area contributed by atoms with Gasteiger partial charge in [-0.2, -0.15) is 0 Å². The van der Waals surface area contributed by atoms with Crippen LogP contribution in [0, 0.1) is 17.8 Å². The van der Waals surface area contributed by atoms with Crippen molar-refractivity contribution in [1.82, 2.24) is 4.90 Å². The highest BCUT2D eigenvalue weighted by atomic mass is 35.5. The van der Waals surface area contributed by atoms with Gasteiger partial charge in [-0.25, -0.2) is 4.79 Å². The first-order chi connectivity index (χ1) is 30.4. The number of halogens is 1. The summed E-state index contributed by atoms with van der Waals surface area (Å²) in [4.78, 5) is 34.0. The smallest absolute Gasteiger partial charge is 0.410 e. The number of unbranched alkanes of at least 4 members (excludes halogenated alkanes) is 2. The second-order valence-corrected chi connectivity index (χ2v) is 16.4. The third-order valence-electron chi connectivity index (χ3n) is 12.3. The summed E-state index contributed by atoms with van der Waals surface area (Å²) in [5, 5.41) is 26.7. The number of fused-ring (bicyclic) bond motifs is 3. The Morgan fingerprint density at radius 2 is 1.76 bits per heavy atom. The molecule has 11 nitrogen and oxygen atoms in total. The van der Waals surface area contributed by atoms with Gasteiger partial charge in [-0.05, 0) is 96.7 Å². The molecule has 3 aliphatic rings. The molecule has 7 rings (SSSR count). The molecule has 328 valence electrons. The lowest BCUT2D eigenvalue weighted by Gasteiger charge is -2.59. The molecule has 0 radical (unpaired) electrons. The van der Waals surface area contributed by atoms with E-state index in [1.807, 2.05) is 73.7 Å². The Bertz CT molecular complexity index is 2240. The normalized spacial score (nSPS) is 23.1. The Morgan fingerprint density at radius 1 is 0.984 bits per heavy atom. The van der Waals surface area contributed by atoms with Crippen molar-refractivity contribution in [2.45, 2.75) is 76.2 Å². The third-order valence-corrected chi connectivity index (χ3v) is 12.5. The second-order valence-electron chi connectivity index (χ2n) is 16.1. The number of benzene rings is 4. The first-order valence-corrected chi connectivity index (χ1v) is 22.3. The van der Waals surface area contributed by atoms with Crippen LogP contribution in [0.15, 0.2) is 114 Å². The summed E-state index contributed by atoms with van der Waals surface area (Å²) in [6.07, 6.45) is 8.90. The predicted octanol–water partition coefficient (Wildman–Crippen LogP) is 9.98. The molecule has 1 aliphatic heterocycles. The van der Waals surface area contributed by atoms with E-state index in [4.69, 9.17) is 40.5 Å². The van der Waals surface area contributed by atoms with E-state index in [1.54, 1.807) is 29.2 Å². The largest absolute Gasteiger partial charge is 0.459 e. The van der Waals surface area contributed by atoms with Crippen LogP contribution in [0.2, 0.25) is 0 Å². The van der Waals surface area contributed by atoms with Gasteiger partial charge in [0.15, 0.2) is 0 Å². The van der Waals surface area contributed by atoms with Crippen molar-refractivity contribution < 1.29 is 43.6 Å². The number of carbonyl (C=O) groups excluding carboxylic acids is 2. The summed E-state index contributed by atoms with van der Waals surface area (Å²) in [6.45, 7) is 6.70. The summed E-state index contributed by atoms with van der Waals surface area (Å²) in [6, 6.07) is 26.1. The maximum atomic E-state index is 14.7. The third kappa shape index (κ3) is 9.56. The Labute approximate surface area is 368 Å². The topological polar surface area (TPSA) is 136 Å². The summed E-state index contributed by atoms with van der Waals surface area (Å²) in [7, 11) is 0. The molecular weight excluding hydrogens is 808 g/mol. The number of allylic oxidation sites excluding steroid dienone is 1. The van der Waals surface area contributed by atoms with Gasteiger partial charge in [0.2, 0.25) is 5.79 Å². The van der Waals surface area contributed by atoms with Crippen LogP contribution in [-0.4, -0.2) is 83.9 Å². The minimum atomic E-state index is -1.49. The molecule has 4 aromatic rings. The fourth-order valence-corrected chi connectivity index (χ4v) is 9.84. The van der Waals surface area contributed by atoms with Gasteiger partial charge < -0.3 is 34.0 Å². The Morgan fingerprint density at radius 3 is 2.53 bits per heavy atom. The van der Waals surface area contributed by atoms with Crippen molar-refractivity contribution in [3.05, 3.63) is 126 Å². The number of aliphatic hydroxyl groups excluding tert-OH is 2. The number of carbonyl (C=O) groups is 2. The van der Waals surface area contributed by atoms with Gasteiger partial charge in [0.25, 0.3) is 0 Å². The van der Waals surface area contributed by atoms with E-state index < -0.39 is 23.8 Å². The van der Waals surface area contributed by atoms with Gasteiger partial charge in [-0.1, -0.05) is 84.7 Å². The number of ether oxygens (including phenoxy) is 4. The van der Waals surface area contributed by atoms with Crippen LogP contribution in [0.1, 0.15) is 79.3 Å². The van der Waals surface area contributed by atoms with Crippen molar-refractivity contribution in [3.8, 4) is 17.2 Å². The van der Waals surface area contributed by atoms with Crippen molar-refractivity contribution in [2.24, 2.45) is 22.9 Å². The van der Waals surface area contributed by atoms with E-state index >= 15 is 0 Å². The fraction of sp³-hybridized carbons (Fsp3) is 0.420. The van der Waals surface area contributed by atoms with Gasteiger partial charge in [0, 0.05) is 36.7 Å². The second kappa shape index (κ2) is 21.3. The van der Waals surface area contributed by atoms with Crippen LogP contribution in [0.5, 0.6) is 17.2 Å². The van der Waals surface area contributed by atoms with E-state index in [0.717, 1.165) is 59.4 Å². The summed E-state index contributed by atoms with van der Waals surface area (Å²) >= 11 is 6.13. The molecule has 2 N–H and O–H groups in total. The van der Waals surface area contributed by atoms with Crippen LogP contribution in [0.25, 0.3) is 10.8 Å². The number of alkyl halides is 1. The highest BCUT2D eigenvalue weighted by Gasteiger charge is 2.65. The molecule has 6 atom stereocenters. The van der Waals surface area contributed by atoms with Crippen molar-refractivity contribution in [1.29, 1.82) is 0 Å². The molecule has 1 saturated carbocycles. The number of amides is 1. The summed E-state index contributed by atoms with van der Waals surface area (Å²) < 4.78 is 26.8. The first-order valence-electron chi connectivity index (χ1n) is 21.8. The van der Waals surface area contributed by atoms with Crippen LogP contribution in [-0.2, 0) is 20.9 Å². The standard InChI is InChI=1S/C50H57ClN2O9/c1-3-26-59-50-46(53(49(57)58-27-23-51)32-37-17-12-16-35-14-5-6-19-40(35)37)31-44(52-60-4-2)42-29-36(15-7-9-24-54)41(20-8-10-25-55)47(48(42)50)43-30-39(21-22-45(43)62-50)61-38-18-11-13-34(28-38)33-56/h3,5-6,11-14,16-19,21-22,28-30,33,36,41,46-48,54-55H,1,4,7-10,15,20,23-27,31-32H2,2H3/t36-,41+,46-,47+,48+,50+/m0/s1. The van der Waals surface area contributed by atoms with Gasteiger partial charge in [-0.15, -0.1) is 18.2 Å². The van der Waals surface area contributed by atoms with Crippen LogP contribution in [0.4, 0.5) is 4.79 Å². The molecular formula is C50H57ClN2O9. The zero-order valence-corrected chi connectivity index (χ0v) is 36.1. The number of hydrogen-bond acceptors (Lipinski definition) is 10. The molecule has 0 saturated heterocycles. The summed E-state index contributed by atoms with van der Waals surface area (Å²) in [5.74, 6) is -0.424. The molecule has 62 heavy (non-hydrogen) atoms. The maximum Gasteiger partial charge on any atom is 0.410 e. The molecule has 1 fully saturated rings. The van der Waals surface area contributed by atoms with Crippen molar-refractivity contribution in [3.63, 3.8) is 0 Å². The zero-order valence-electron chi connectivity index (χ0n) is 35.3. The van der Waals surface area contributed by atoms with Crippen LogP contribution >= 0.6 is 11.6 Å². The zero-order chi connectivity index (χ0) is 43.5. The maximum absolute atomic E-state index is 14.7. The van der Waals surface area contributed by atoms with Gasteiger partial charge >= 0.3 is 6.09 Å². The average molecular weight is 865 g/mol. The molecule has 0 spiro atoms. The number of hydrogen-bond donors (Lipinski definition) is 2. The lowest BCUT2D eigenvalue weighted by Crippen LogP contribution is -2.70. The molecule has 4 aromatic carbocycles. The predicted molar refractivity (Wildman–Crippen MR) is 240 cm³/mol. The van der Waals surface area contributed by atoms with E-state index in [1.165, 1.54) is 0 Å². The number of rotatable bonds is 21. The number of aliphatic hydroxyl groups is 2. The Balaban J connectivity index is 1.46. The van der Waals surface area contributed by atoms with Gasteiger partial charge in [0.1, 0.15) is 42.8 Å². The molecule has 12 heteroatoms. The van der Waals surface area contributed by atoms with Crippen LogP contribution in [0.3, 0.4) is 0 Å². The van der Waals surface area contributed by atoms with Crippen molar-refractivity contribution >= 4 is 40.5 Å². The molecule has 0 unspecified atom stereocenters. The SMILES string of the molecule is C=CCO[C@@]12Oc3ccc(Oc4cccc(C=O)c4)cc3[C@H]3[C@H](CCCCO)[C@@H](CCCCO)C=C(C(=NOCC)C[C@@H]1N(Cc1cccc4ccccc14)C(=O)OCCCl)[C@H]32. The molecule has 1 amide bonds. The fourth-order valence-electron chi connectivity index (χ4n) is 9.77. The minimum absolute atomic E-state index is 0.00142. The lowest BCUT2D eigenvalue weighted by atomic mass is 9.55. The van der Waals surface area contributed by atoms with E-state index in [2.05, 4.69) is 12.7 Å². The number of aldehydes is 1. The number of nitrogens with zero attached hydrogens (tertiary/aromatic N) is 2. The van der Waals surface area contributed by atoms with Crippen molar-refractivity contribution in [2.75, 3.05) is 38.9 Å². The molecule has 1 heterocycles. The van der Waals surface area contributed by atoms with E-state index in [0.29, 0.717) is 48.0 Å². The highest BCUT2D eigenvalue weighted by Crippen LogP contribution is 2.62. The van der Waals surface area contributed by atoms with Gasteiger partial charge in [-0.3, -0.25) is 9.69 Å². The molecule has 2 aliphatic carbocycles. The molecule has 0 aromatic heterocycles. The monoisotopic (exact) mass is 864 g/mol. The minimum Gasteiger partial charge on any atom is -0.459 e. The quantitative estimate of drug-likeness (QED) is 0.0276. The Hall–Kier alpha value is -5.20. The lowest BCUT2D eigenvalue weighted by molar-refractivity contribution is -0.256. The number of oxime groups is 1. The summed E-state index contributed by atoms with van der Waals surface area (Å²) in [5.41, 5.74) is 3.93. The van der Waals surface area contributed by atoms with Gasteiger partial charge in [0.05, 0.1) is 30.7 Å². The Kier molecular flexibility index (Phi) is 15.4.